The molecule has 1 aliphatic rings. The van der Waals surface area contributed by atoms with E-state index in [2.05, 4.69) is 10.0 Å². The van der Waals surface area contributed by atoms with Crippen molar-refractivity contribution in [2.45, 2.75) is 11.3 Å². The van der Waals surface area contributed by atoms with Gasteiger partial charge < -0.3 is 5.32 Å². The fourth-order valence-corrected chi connectivity index (χ4v) is 4.00. The number of amides is 1. The van der Waals surface area contributed by atoms with Gasteiger partial charge in [-0.25, -0.2) is 8.42 Å². The molecule has 1 amide bonds. The summed E-state index contributed by atoms with van der Waals surface area (Å²) in [6, 6.07) is 9.05. The lowest BCUT2D eigenvalue weighted by atomic mass is 10.1. The van der Waals surface area contributed by atoms with Crippen LogP contribution in [0.15, 0.2) is 41.3 Å². The van der Waals surface area contributed by atoms with E-state index in [1.54, 1.807) is 18.2 Å². The Morgan fingerprint density at radius 3 is 2.64 bits per heavy atom. The van der Waals surface area contributed by atoms with Crippen LogP contribution in [0.5, 0.6) is 0 Å². The summed E-state index contributed by atoms with van der Waals surface area (Å²) in [5, 5.41) is 3.03. The maximum absolute atomic E-state index is 12.4. The summed E-state index contributed by atoms with van der Waals surface area (Å²) in [5.41, 5.74) is 1.78. The predicted octanol–water partition coefficient (Wildman–Crippen LogP) is 3.29. The zero-order valence-corrected chi connectivity index (χ0v) is 13.4. The molecule has 0 bridgehead atoms. The average Bonchev–Trinajstić information content (AvgIpc) is 2.80. The highest BCUT2D eigenvalue weighted by Gasteiger charge is 2.21. The van der Waals surface area contributed by atoms with Gasteiger partial charge in [-0.15, -0.1) is 0 Å². The van der Waals surface area contributed by atoms with Gasteiger partial charge in [0, 0.05) is 16.4 Å². The Balaban J connectivity index is 1.94. The molecule has 8 heteroatoms. The van der Waals surface area contributed by atoms with E-state index >= 15 is 0 Å². The van der Waals surface area contributed by atoms with Crippen LogP contribution in [0.25, 0.3) is 0 Å². The third kappa shape index (κ3) is 2.90. The van der Waals surface area contributed by atoms with E-state index in [9.17, 15) is 13.2 Å². The number of hydrogen-bond donors (Lipinski definition) is 2. The van der Waals surface area contributed by atoms with E-state index < -0.39 is 10.0 Å². The molecule has 114 valence electrons. The van der Waals surface area contributed by atoms with E-state index in [1.165, 1.54) is 18.2 Å². The van der Waals surface area contributed by atoms with E-state index in [1.807, 2.05) is 0 Å². The van der Waals surface area contributed by atoms with Crippen molar-refractivity contribution in [3.63, 3.8) is 0 Å². The van der Waals surface area contributed by atoms with Crippen LogP contribution < -0.4 is 10.0 Å². The molecule has 0 unspecified atom stereocenters. The van der Waals surface area contributed by atoms with Crippen LogP contribution in [0, 0.1) is 0 Å². The van der Waals surface area contributed by atoms with Crippen LogP contribution in [0.3, 0.4) is 0 Å². The Morgan fingerprint density at radius 1 is 1.09 bits per heavy atom. The molecule has 0 aliphatic carbocycles. The fourth-order valence-electron chi connectivity index (χ4n) is 2.19. The third-order valence-corrected chi connectivity index (χ3v) is 5.26. The van der Waals surface area contributed by atoms with E-state index in [0.717, 1.165) is 5.56 Å². The maximum atomic E-state index is 12.4. The lowest BCUT2D eigenvalue weighted by Crippen LogP contribution is -2.13. The van der Waals surface area contributed by atoms with Crippen LogP contribution in [0.2, 0.25) is 10.0 Å². The summed E-state index contributed by atoms with van der Waals surface area (Å²) in [5.74, 6) is -0.118. The van der Waals surface area contributed by atoms with Crippen molar-refractivity contribution in [2.75, 3.05) is 10.0 Å². The Morgan fingerprint density at radius 2 is 1.86 bits per heavy atom. The Labute approximate surface area is 137 Å². The lowest BCUT2D eigenvalue weighted by molar-refractivity contribution is -0.115. The molecule has 2 aromatic rings. The zero-order valence-electron chi connectivity index (χ0n) is 11.1. The van der Waals surface area contributed by atoms with Crippen molar-refractivity contribution in [3.8, 4) is 0 Å². The summed E-state index contributed by atoms with van der Waals surface area (Å²) >= 11 is 11.7. The number of halogens is 2. The first kappa shape index (κ1) is 15.1. The monoisotopic (exact) mass is 356 g/mol. The van der Waals surface area contributed by atoms with Gasteiger partial charge in [0.25, 0.3) is 10.0 Å². The first-order chi connectivity index (χ1) is 10.3. The molecule has 0 saturated heterocycles. The van der Waals surface area contributed by atoms with Gasteiger partial charge in [0.2, 0.25) is 5.91 Å². The molecule has 0 aromatic heterocycles. The number of sulfonamides is 1. The molecule has 0 spiro atoms. The number of benzene rings is 2. The number of fused-ring (bicyclic) bond motifs is 1. The normalized spacial score (nSPS) is 13.6. The van der Waals surface area contributed by atoms with Crippen LogP contribution in [0.1, 0.15) is 5.56 Å². The van der Waals surface area contributed by atoms with Gasteiger partial charge in [0.15, 0.2) is 0 Å². The Hall–Kier alpha value is -1.76. The standard InChI is InChI=1S/C14H10Cl2N2O3S/c15-9-1-3-11(16)13(7-9)22(20,21)18-10-2-4-12-8(5-10)6-14(19)17-12/h1-5,7,18H,6H2,(H,17,19). The number of nitrogens with one attached hydrogen (secondary N) is 2. The highest BCUT2D eigenvalue weighted by molar-refractivity contribution is 7.92. The van der Waals surface area contributed by atoms with Gasteiger partial charge >= 0.3 is 0 Å². The number of hydrogen-bond acceptors (Lipinski definition) is 3. The second kappa shape index (κ2) is 5.46. The van der Waals surface area contributed by atoms with Crippen molar-refractivity contribution in [3.05, 3.63) is 52.0 Å². The molecule has 2 aromatic carbocycles. The predicted molar refractivity (Wildman–Crippen MR) is 86.0 cm³/mol. The molecular formula is C14H10Cl2N2O3S. The van der Waals surface area contributed by atoms with Crippen molar-refractivity contribution in [2.24, 2.45) is 0 Å². The van der Waals surface area contributed by atoms with Gasteiger partial charge in [-0.1, -0.05) is 23.2 Å². The highest BCUT2D eigenvalue weighted by Crippen LogP contribution is 2.29. The molecule has 22 heavy (non-hydrogen) atoms. The van der Waals surface area contributed by atoms with E-state index in [-0.39, 0.29) is 27.3 Å². The fraction of sp³-hybridized carbons (Fsp3) is 0.0714. The minimum atomic E-state index is -3.87. The molecule has 3 rings (SSSR count). The van der Waals surface area contributed by atoms with E-state index in [4.69, 9.17) is 23.2 Å². The molecule has 0 saturated carbocycles. The van der Waals surface area contributed by atoms with E-state index in [0.29, 0.717) is 11.4 Å². The van der Waals surface area contributed by atoms with Gasteiger partial charge in [-0.3, -0.25) is 9.52 Å². The second-order valence-corrected chi connectivity index (χ2v) is 7.27. The smallest absolute Gasteiger partial charge is 0.263 e. The zero-order chi connectivity index (χ0) is 15.9. The maximum Gasteiger partial charge on any atom is 0.263 e. The molecule has 0 fully saturated rings. The Kier molecular flexibility index (Phi) is 3.76. The van der Waals surface area contributed by atoms with Crippen LogP contribution in [-0.4, -0.2) is 14.3 Å². The summed E-state index contributed by atoms with van der Waals surface area (Å²) in [6.45, 7) is 0. The molecule has 0 atom stereocenters. The molecular weight excluding hydrogens is 347 g/mol. The molecule has 1 aliphatic heterocycles. The summed E-state index contributed by atoms with van der Waals surface area (Å²) in [4.78, 5) is 11.2. The van der Waals surface area contributed by atoms with Crippen molar-refractivity contribution in [1.82, 2.24) is 0 Å². The summed E-state index contributed by atoms with van der Waals surface area (Å²) < 4.78 is 27.2. The van der Waals surface area contributed by atoms with Gasteiger partial charge in [-0.05, 0) is 42.0 Å². The lowest BCUT2D eigenvalue weighted by Gasteiger charge is -2.11. The first-order valence-electron chi connectivity index (χ1n) is 6.26. The highest BCUT2D eigenvalue weighted by atomic mass is 35.5. The molecule has 5 nitrogen and oxygen atoms in total. The number of anilines is 2. The second-order valence-electron chi connectivity index (χ2n) is 4.78. The first-order valence-corrected chi connectivity index (χ1v) is 8.50. The minimum absolute atomic E-state index is 0.0786. The average molecular weight is 357 g/mol. The summed E-state index contributed by atoms with van der Waals surface area (Å²) in [6.07, 6.45) is 0.225. The van der Waals surface area contributed by atoms with Crippen LogP contribution >= 0.6 is 23.2 Å². The SMILES string of the molecule is O=C1Cc2cc(NS(=O)(=O)c3cc(Cl)ccc3Cl)ccc2N1. The summed E-state index contributed by atoms with van der Waals surface area (Å²) in [7, 11) is -3.87. The van der Waals surface area contributed by atoms with Crippen LogP contribution in [-0.2, 0) is 21.2 Å². The number of carbonyl (C=O) groups excluding carboxylic acids is 1. The molecule has 2 N–H and O–H groups in total. The van der Waals surface area contributed by atoms with Gasteiger partial charge in [-0.2, -0.15) is 0 Å². The topological polar surface area (TPSA) is 75.3 Å². The quantitative estimate of drug-likeness (QED) is 0.885. The van der Waals surface area contributed by atoms with Gasteiger partial charge in [0.1, 0.15) is 4.90 Å². The van der Waals surface area contributed by atoms with Crippen LogP contribution in [0.4, 0.5) is 11.4 Å². The van der Waals surface area contributed by atoms with Crippen molar-refractivity contribution >= 4 is 50.5 Å². The molecule has 1 heterocycles. The van der Waals surface area contributed by atoms with Crippen molar-refractivity contribution < 1.29 is 13.2 Å². The number of carbonyl (C=O) groups is 1. The molecule has 0 radical (unpaired) electrons. The third-order valence-electron chi connectivity index (χ3n) is 3.17. The largest absolute Gasteiger partial charge is 0.326 e. The Bertz CT molecular complexity index is 882. The van der Waals surface area contributed by atoms with Gasteiger partial charge in [0.05, 0.1) is 11.4 Å². The minimum Gasteiger partial charge on any atom is -0.326 e. The van der Waals surface area contributed by atoms with Crippen molar-refractivity contribution in [1.29, 1.82) is 0 Å². The number of rotatable bonds is 3.